The van der Waals surface area contributed by atoms with Crippen LogP contribution >= 0.6 is 11.8 Å². The van der Waals surface area contributed by atoms with Gasteiger partial charge in [0, 0.05) is 10.5 Å². The van der Waals surface area contributed by atoms with Gasteiger partial charge in [0.05, 0.1) is 37.5 Å². The molecule has 0 fully saturated rings. The van der Waals surface area contributed by atoms with Crippen molar-refractivity contribution in [2.75, 3.05) is 37.9 Å². The smallest absolute Gasteiger partial charge is 0.264 e. The fourth-order valence-corrected chi connectivity index (χ4v) is 5.57. The van der Waals surface area contributed by atoms with Crippen LogP contribution in [-0.4, -0.2) is 48.0 Å². The highest BCUT2D eigenvalue weighted by Gasteiger charge is 2.28. The summed E-state index contributed by atoms with van der Waals surface area (Å²) in [6.45, 7) is 3.73. The van der Waals surface area contributed by atoms with Gasteiger partial charge in [0.1, 0.15) is 23.8 Å². The van der Waals surface area contributed by atoms with E-state index in [0.29, 0.717) is 35.1 Å². The average Bonchev–Trinajstić information content (AvgIpc) is 2.92. The van der Waals surface area contributed by atoms with Gasteiger partial charge in [-0.25, -0.2) is 8.42 Å². The fourth-order valence-electron chi connectivity index (χ4n) is 3.74. The number of carbonyl (C=O) groups is 1. The van der Waals surface area contributed by atoms with Gasteiger partial charge in [-0.3, -0.25) is 9.10 Å². The van der Waals surface area contributed by atoms with Crippen LogP contribution in [0.25, 0.3) is 0 Å². The average molecular weight is 545 g/mol. The third kappa shape index (κ3) is 6.90. The molecule has 0 saturated carbocycles. The first kappa shape index (κ1) is 28.2. The molecule has 0 unspecified atom stereocenters. The highest BCUT2D eigenvalue weighted by atomic mass is 32.2. The maximum absolute atomic E-state index is 13.7. The standard InChI is InChI=1S/C27H32N2O6S2/c1-6-35-21-9-7-20(8-10-21)29(37(31,32)24-14-12-23(36-5)13-15-24)18-27(30)28-19(2)25-17-22(33-3)11-16-26(25)34-4/h7-17,19H,6,18H2,1-5H3,(H,28,30)/t19-/m1/s1. The van der Waals surface area contributed by atoms with Gasteiger partial charge in [-0.2, -0.15) is 0 Å². The predicted octanol–water partition coefficient (Wildman–Crippen LogP) is 4.90. The number of nitrogens with zero attached hydrogens (tertiary/aromatic N) is 1. The van der Waals surface area contributed by atoms with Crippen LogP contribution in [0.2, 0.25) is 0 Å². The van der Waals surface area contributed by atoms with E-state index in [0.717, 1.165) is 9.20 Å². The summed E-state index contributed by atoms with van der Waals surface area (Å²) in [6.07, 6.45) is 1.92. The van der Waals surface area contributed by atoms with Crippen molar-refractivity contribution in [3.63, 3.8) is 0 Å². The van der Waals surface area contributed by atoms with E-state index in [9.17, 15) is 13.2 Å². The molecule has 0 heterocycles. The SMILES string of the molecule is CCOc1ccc(N(CC(=O)N[C@H](C)c2cc(OC)ccc2OC)S(=O)(=O)c2ccc(SC)cc2)cc1. The number of methoxy groups -OCH3 is 2. The highest BCUT2D eigenvalue weighted by molar-refractivity contribution is 7.98. The number of nitrogens with one attached hydrogen (secondary N) is 1. The lowest BCUT2D eigenvalue weighted by Crippen LogP contribution is -2.41. The van der Waals surface area contributed by atoms with Gasteiger partial charge >= 0.3 is 0 Å². The molecule has 1 amide bonds. The first-order valence-electron chi connectivity index (χ1n) is 11.6. The highest BCUT2D eigenvalue weighted by Crippen LogP contribution is 2.30. The second kappa shape index (κ2) is 12.7. The minimum atomic E-state index is -4.05. The van der Waals surface area contributed by atoms with Crippen molar-refractivity contribution in [3.05, 3.63) is 72.3 Å². The van der Waals surface area contributed by atoms with E-state index in [1.807, 2.05) is 13.2 Å². The van der Waals surface area contributed by atoms with Gasteiger partial charge in [-0.15, -0.1) is 11.8 Å². The second-order valence-electron chi connectivity index (χ2n) is 8.01. The molecular formula is C27H32N2O6S2. The number of amides is 1. The summed E-state index contributed by atoms with van der Waals surface area (Å²) in [5.41, 5.74) is 1.05. The van der Waals surface area contributed by atoms with Crippen LogP contribution < -0.4 is 23.8 Å². The minimum absolute atomic E-state index is 0.0921. The number of hydrogen-bond donors (Lipinski definition) is 1. The van der Waals surface area contributed by atoms with Crippen molar-refractivity contribution in [2.45, 2.75) is 29.7 Å². The lowest BCUT2D eigenvalue weighted by atomic mass is 10.1. The molecule has 1 N–H and O–H groups in total. The van der Waals surface area contributed by atoms with Crippen molar-refractivity contribution < 1.29 is 27.4 Å². The maximum atomic E-state index is 13.7. The minimum Gasteiger partial charge on any atom is -0.497 e. The number of anilines is 1. The Bertz CT molecular complexity index is 1300. The Morgan fingerprint density at radius 3 is 2.19 bits per heavy atom. The van der Waals surface area contributed by atoms with E-state index in [2.05, 4.69) is 5.32 Å². The molecule has 0 saturated heterocycles. The number of carbonyl (C=O) groups excluding carboxylic acids is 1. The van der Waals surface area contributed by atoms with Crippen LogP contribution in [0.5, 0.6) is 17.2 Å². The molecule has 0 bridgehead atoms. The van der Waals surface area contributed by atoms with E-state index >= 15 is 0 Å². The summed E-state index contributed by atoms with van der Waals surface area (Å²) >= 11 is 1.51. The van der Waals surface area contributed by atoms with E-state index in [1.165, 1.54) is 11.8 Å². The van der Waals surface area contributed by atoms with E-state index in [4.69, 9.17) is 14.2 Å². The number of thioether (sulfide) groups is 1. The first-order valence-corrected chi connectivity index (χ1v) is 14.3. The summed E-state index contributed by atoms with van der Waals surface area (Å²) in [5, 5.41) is 2.89. The molecule has 8 nitrogen and oxygen atoms in total. The quantitative estimate of drug-likeness (QED) is 0.324. The molecule has 0 aliphatic carbocycles. The lowest BCUT2D eigenvalue weighted by Gasteiger charge is -2.26. The molecule has 3 aromatic rings. The number of hydrogen-bond acceptors (Lipinski definition) is 7. The van der Waals surface area contributed by atoms with Gasteiger partial charge in [0.2, 0.25) is 5.91 Å². The molecular weight excluding hydrogens is 512 g/mol. The van der Waals surface area contributed by atoms with Crippen LogP contribution in [0.3, 0.4) is 0 Å². The molecule has 0 aliphatic heterocycles. The molecule has 0 spiro atoms. The third-order valence-corrected chi connectivity index (χ3v) is 8.18. The Morgan fingerprint density at radius 2 is 1.62 bits per heavy atom. The van der Waals surface area contributed by atoms with E-state index in [1.54, 1.807) is 87.9 Å². The van der Waals surface area contributed by atoms with Gasteiger partial charge < -0.3 is 19.5 Å². The van der Waals surface area contributed by atoms with Crippen molar-refractivity contribution >= 4 is 33.4 Å². The van der Waals surface area contributed by atoms with Crippen LogP contribution in [0, 0.1) is 0 Å². The van der Waals surface area contributed by atoms with Gasteiger partial charge in [-0.1, -0.05) is 0 Å². The molecule has 0 aliphatic rings. The molecule has 0 aromatic heterocycles. The van der Waals surface area contributed by atoms with E-state index in [-0.39, 0.29) is 4.90 Å². The predicted molar refractivity (Wildman–Crippen MR) is 146 cm³/mol. The monoisotopic (exact) mass is 544 g/mol. The molecule has 10 heteroatoms. The Morgan fingerprint density at radius 1 is 0.973 bits per heavy atom. The lowest BCUT2D eigenvalue weighted by molar-refractivity contribution is -0.120. The fraction of sp³-hybridized carbons (Fsp3) is 0.296. The van der Waals surface area contributed by atoms with Gasteiger partial charge in [0.15, 0.2) is 0 Å². The van der Waals surface area contributed by atoms with Crippen molar-refractivity contribution in [1.82, 2.24) is 5.32 Å². The largest absolute Gasteiger partial charge is 0.497 e. The molecule has 3 rings (SSSR count). The zero-order valence-electron chi connectivity index (χ0n) is 21.6. The summed E-state index contributed by atoms with van der Waals surface area (Å²) in [5.74, 6) is 1.33. The zero-order valence-corrected chi connectivity index (χ0v) is 23.2. The Balaban J connectivity index is 1.91. The number of ether oxygens (including phenoxy) is 3. The molecule has 198 valence electrons. The summed E-state index contributed by atoms with van der Waals surface area (Å²) in [7, 11) is -0.946. The number of benzene rings is 3. The van der Waals surface area contributed by atoms with E-state index < -0.39 is 28.5 Å². The topological polar surface area (TPSA) is 94.2 Å². The van der Waals surface area contributed by atoms with Crippen LogP contribution in [0.4, 0.5) is 5.69 Å². The van der Waals surface area contributed by atoms with Crippen molar-refractivity contribution in [2.24, 2.45) is 0 Å². The molecule has 1 atom stereocenters. The van der Waals surface area contributed by atoms with Gasteiger partial charge in [-0.05, 0) is 86.8 Å². The Hall–Kier alpha value is -3.37. The summed E-state index contributed by atoms with van der Waals surface area (Å²) in [4.78, 5) is 14.2. The van der Waals surface area contributed by atoms with Crippen LogP contribution in [-0.2, 0) is 14.8 Å². The maximum Gasteiger partial charge on any atom is 0.264 e. The summed E-state index contributed by atoms with van der Waals surface area (Å²) in [6, 6.07) is 18.0. The zero-order chi connectivity index (χ0) is 27.0. The first-order chi connectivity index (χ1) is 17.7. The Kier molecular flexibility index (Phi) is 9.71. The third-order valence-electron chi connectivity index (χ3n) is 5.65. The van der Waals surface area contributed by atoms with Crippen molar-refractivity contribution in [3.8, 4) is 17.2 Å². The Labute approximate surface area is 223 Å². The van der Waals surface area contributed by atoms with Crippen LogP contribution in [0.1, 0.15) is 25.5 Å². The van der Waals surface area contributed by atoms with Crippen LogP contribution in [0.15, 0.2) is 76.5 Å². The molecule has 3 aromatic carbocycles. The second-order valence-corrected chi connectivity index (χ2v) is 10.8. The normalized spacial score (nSPS) is 11.9. The van der Waals surface area contributed by atoms with Crippen molar-refractivity contribution in [1.29, 1.82) is 0 Å². The number of rotatable bonds is 12. The number of sulfonamides is 1. The summed E-state index contributed by atoms with van der Waals surface area (Å²) < 4.78 is 44.7. The van der Waals surface area contributed by atoms with Gasteiger partial charge in [0.25, 0.3) is 10.0 Å². The molecule has 37 heavy (non-hydrogen) atoms. The molecule has 0 radical (unpaired) electrons.